The van der Waals surface area contributed by atoms with Crippen molar-refractivity contribution in [1.82, 2.24) is 9.88 Å². The molecule has 0 amide bonds. The highest BCUT2D eigenvalue weighted by molar-refractivity contribution is 5.75. The molecule has 166 valence electrons. The average Bonchev–Trinajstić information content (AvgIpc) is 2.99. The molecule has 1 fully saturated rings. The monoisotopic (exact) mass is 418 g/mol. The van der Waals surface area contributed by atoms with Gasteiger partial charge in [-0.15, -0.1) is 0 Å². The van der Waals surface area contributed by atoms with Crippen molar-refractivity contribution in [2.45, 2.75) is 90.5 Å². The van der Waals surface area contributed by atoms with Gasteiger partial charge < -0.3 is 4.98 Å². The van der Waals surface area contributed by atoms with Crippen LogP contribution in [0, 0.1) is 5.92 Å². The molecule has 1 unspecified atom stereocenters. The van der Waals surface area contributed by atoms with Gasteiger partial charge in [0.2, 0.25) is 0 Å². The number of nitrogens with one attached hydrogen (secondary N) is 1. The molecule has 1 N–H and O–H groups in total. The van der Waals surface area contributed by atoms with Crippen molar-refractivity contribution >= 4 is 0 Å². The third-order valence-electron chi connectivity index (χ3n) is 8.02. The van der Waals surface area contributed by atoms with Crippen LogP contribution in [-0.4, -0.2) is 23.0 Å². The Kier molecular flexibility index (Phi) is 6.31. The minimum atomic E-state index is 0.156. The summed E-state index contributed by atoms with van der Waals surface area (Å²) in [5, 5.41) is 0. The lowest BCUT2D eigenvalue weighted by atomic mass is 9.88. The third kappa shape index (κ3) is 4.39. The van der Waals surface area contributed by atoms with Crippen LogP contribution in [-0.2, 0) is 25.8 Å². The number of pyridine rings is 1. The molecule has 1 saturated heterocycles. The van der Waals surface area contributed by atoms with Gasteiger partial charge >= 0.3 is 0 Å². The van der Waals surface area contributed by atoms with E-state index in [9.17, 15) is 4.79 Å². The zero-order valence-corrected chi connectivity index (χ0v) is 19.3. The maximum Gasteiger partial charge on any atom is 0.251 e. The number of hydrogen-bond acceptors (Lipinski definition) is 2. The summed E-state index contributed by atoms with van der Waals surface area (Å²) in [6, 6.07) is 6.99. The van der Waals surface area contributed by atoms with E-state index in [-0.39, 0.29) is 5.56 Å². The molecular weight excluding hydrogens is 380 g/mol. The molecule has 1 aromatic carbocycles. The van der Waals surface area contributed by atoms with Crippen LogP contribution in [0.4, 0.5) is 0 Å². The highest BCUT2D eigenvalue weighted by Crippen LogP contribution is 2.39. The first-order chi connectivity index (χ1) is 15.2. The van der Waals surface area contributed by atoms with Gasteiger partial charge in [-0.05, 0) is 86.2 Å². The van der Waals surface area contributed by atoms with Gasteiger partial charge in [-0.1, -0.05) is 50.8 Å². The Bertz CT molecular complexity index is 989. The molecule has 2 aromatic rings. The highest BCUT2D eigenvalue weighted by Gasteiger charge is 2.27. The molecule has 1 aromatic heterocycles. The normalized spacial score (nSPS) is 20.7. The van der Waals surface area contributed by atoms with Crippen molar-refractivity contribution in [3.05, 3.63) is 56.4 Å². The molecule has 0 bridgehead atoms. The topological polar surface area (TPSA) is 36.1 Å². The summed E-state index contributed by atoms with van der Waals surface area (Å²) < 4.78 is 0. The van der Waals surface area contributed by atoms with Crippen molar-refractivity contribution in [3.8, 4) is 11.3 Å². The van der Waals surface area contributed by atoms with E-state index in [1.807, 2.05) is 0 Å². The predicted octanol–water partition coefficient (Wildman–Crippen LogP) is 6.01. The molecule has 0 saturated carbocycles. The molecule has 1 atom stereocenters. The van der Waals surface area contributed by atoms with Crippen LogP contribution in [0.5, 0.6) is 0 Å². The fraction of sp³-hybridized carbons (Fsp3) is 0.607. The fourth-order valence-electron chi connectivity index (χ4n) is 6.27. The summed E-state index contributed by atoms with van der Waals surface area (Å²) in [4.78, 5) is 18.6. The minimum Gasteiger partial charge on any atom is -0.321 e. The van der Waals surface area contributed by atoms with Gasteiger partial charge in [0.15, 0.2) is 0 Å². The standard InChI is InChI=1S/C28H38N2O/c1-2-3-4-8-20-9-7-15-30(16-14-20)19-21-12-13-23-22(17-21)18-26-24-10-5-6-11-25(24)28(31)29-27(23)26/h12-13,17,20H,2-11,14-16,18-19H2,1H3,(H,29,31). The smallest absolute Gasteiger partial charge is 0.251 e. The van der Waals surface area contributed by atoms with E-state index in [2.05, 4.69) is 35.0 Å². The molecule has 31 heavy (non-hydrogen) atoms. The molecule has 0 radical (unpaired) electrons. The first kappa shape index (κ1) is 21.0. The van der Waals surface area contributed by atoms with Crippen LogP contribution in [0.2, 0.25) is 0 Å². The number of fused-ring (bicyclic) bond motifs is 5. The second-order valence-corrected chi connectivity index (χ2v) is 10.2. The summed E-state index contributed by atoms with van der Waals surface area (Å²) >= 11 is 0. The lowest BCUT2D eigenvalue weighted by Gasteiger charge is -2.21. The van der Waals surface area contributed by atoms with Gasteiger partial charge in [0.25, 0.3) is 5.56 Å². The summed E-state index contributed by atoms with van der Waals surface area (Å²) in [5.41, 5.74) is 9.21. The number of likely N-dealkylation sites (tertiary alicyclic amines) is 1. The molecule has 3 aliphatic rings. The lowest BCUT2D eigenvalue weighted by molar-refractivity contribution is 0.271. The molecule has 2 aliphatic carbocycles. The Balaban J connectivity index is 1.28. The number of benzene rings is 1. The Labute approximate surface area is 187 Å². The quantitative estimate of drug-likeness (QED) is 0.498. The van der Waals surface area contributed by atoms with Crippen LogP contribution in [0.15, 0.2) is 23.0 Å². The Morgan fingerprint density at radius 1 is 1.00 bits per heavy atom. The van der Waals surface area contributed by atoms with Crippen molar-refractivity contribution < 1.29 is 0 Å². The fourth-order valence-corrected chi connectivity index (χ4v) is 6.27. The van der Waals surface area contributed by atoms with Gasteiger partial charge in [-0.25, -0.2) is 0 Å². The SMILES string of the molecule is CCCCCC1CCCN(Cc2ccc3c(c2)Cc2c-3[nH]c(=O)c3c2CCCC3)CC1. The van der Waals surface area contributed by atoms with Gasteiger partial charge in [0.1, 0.15) is 0 Å². The van der Waals surface area contributed by atoms with Crippen LogP contribution in [0.3, 0.4) is 0 Å². The minimum absolute atomic E-state index is 0.156. The second kappa shape index (κ2) is 9.32. The summed E-state index contributed by atoms with van der Waals surface area (Å²) in [5.74, 6) is 0.939. The largest absolute Gasteiger partial charge is 0.321 e. The molecule has 2 heterocycles. The van der Waals surface area contributed by atoms with Crippen molar-refractivity contribution in [1.29, 1.82) is 0 Å². The number of H-pyrrole nitrogens is 1. The Morgan fingerprint density at radius 3 is 2.74 bits per heavy atom. The number of rotatable bonds is 6. The lowest BCUT2D eigenvalue weighted by Crippen LogP contribution is -2.24. The van der Waals surface area contributed by atoms with Gasteiger partial charge in [0, 0.05) is 24.1 Å². The van der Waals surface area contributed by atoms with E-state index < -0.39 is 0 Å². The number of unbranched alkanes of at least 4 members (excludes halogenated alkanes) is 2. The summed E-state index contributed by atoms with van der Waals surface area (Å²) in [6.07, 6.45) is 15.1. The zero-order chi connectivity index (χ0) is 21.2. The zero-order valence-electron chi connectivity index (χ0n) is 19.3. The molecular formula is C28H38N2O. The van der Waals surface area contributed by atoms with Crippen LogP contribution >= 0.6 is 0 Å². The Hall–Kier alpha value is -1.87. The van der Waals surface area contributed by atoms with E-state index in [1.165, 1.54) is 92.3 Å². The molecule has 0 spiro atoms. The highest BCUT2D eigenvalue weighted by atomic mass is 16.1. The van der Waals surface area contributed by atoms with E-state index >= 15 is 0 Å². The van der Waals surface area contributed by atoms with E-state index in [4.69, 9.17) is 0 Å². The molecule has 5 rings (SSSR count). The predicted molar refractivity (Wildman–Crippen MR) is 129 cm³/mol. The Morgan fingerprint density at radius 2 is 1.87 bits per heavy atom. The van der Waals surface area contributed by atoms with E-state index in [0.717, 1.165) is 49.4 Å². The van der Waals surface area contributed by atoms with Crippen LogP contribution < -0.4 is 5.56 Å². The average molecular weight is 419 g/mol. The first-order valence-electron chi connectivity index (χ1n) is 12.8. The number of aromatic nitrogens is 1. The maximum absolute atomic E-state index is 12.6. The van der Waals surface area contributed by atoms with Crippen LogP contribution in [0.25, 0.3) is 11.3 Å². The van der Waals surface area contributed by atoms with E-state index in [1.54, 1.807) is 0 Å². The van der Waals surface area contributed by atoms with Crippen molar-refractivity contribution in [2.75, 3.05) is 13.1 Å². The number of nitrogens with zero attached hydrogens (tertiary/aromatic N) is 1. The van der Waals surface area contributed by atoms with Crippen molar-refractivity contribution in [2.24, 2.45) is 5.92 Å². The van der Waals surface area contributed by atoms with Crippen molar-refractivity contribution in [3.63, 3.8) is 0 Å². The summed E-state index contributed by atoms with van der Waals surface area (Å²) in [6.45, 7) is 5.85. The van der Waals surface area contributed by atoms with Gasteiger partial charge in [-0.2, -0.15) is 0 Å². The second-order valence-electron chi connectivity index (χ2n) is 10.2. The first-order valence-corrected chi connectivity index (χ1v) is 12.8. The van der Waals surface area contributed by atoms with Gasteiger partial charge in [-0.3, -0.25) is 9.69 Å². The summed E-state index contributed by atoms with van der Waals surface area (Å²) in [7, 11) is 0. The maximum atomic E-state index is 12.6. The number of aromatic amines is 1. The van der Waals surface area contributed by atoms with Gasteiger partial charge in [0.05, 0.1) is 5.69 Å². The molecule has 3 nitrogen and oxygen atoms in total. The van der Waals surface area contributed by atoms with Crippen LogP contribution in [0.1, 0.15) is 92.5 Å². The van der Waals surface area contributed by atoms with E-state index in [0.29, 0.717) is 0 Å². The molecule has 1 aliphatic heterocycles. The molecule has 3 heteroatoms. The number of hydrogen-bond donors (Lipinski definition) is 1. The third-order valence-corrected chi connectivity index (χ3v) is 8.02.